The summed E-state index contributed by atoms with van der Waals surface area (Å²) >= 11 is 1.35. The van der Waals surface area contributed by atoms with E-state index in [2.05, 4.69) is 27.7 Å². The standard InChI is InChI=1S/C25H36N2O5S/c1-15-6-8-16(9-7-15)23(29)27(13-21(28)26-12-18-10-17(26)14-32-18)19-11-20(25(2,3)4)33-22(19)24(30)31-5/h11,15-18H,6-10,12-14H2,1-5H3. The van der Waals surface area contributed by atoms with Gasteiger partial charge in [0.15, 0.2) is 0 Å². The number of hydrogen-bond acceptors (Lipinski definition) is 6. The van der Waals surface area contributed by atoms with Gasteiger partial charge >= 0.3 is 5.97 Å². The fourth-order valence-electron chi connectivity index (χ4n) is 5.13. The van der Waals surface area contributed by atoms with Crippen molar-refractivity contribution in [2.24, 2.45) is 11.8 Å². The number of methoxy groups -OCH3 is 1. The first-order valence-electron chi connectivity index (χ1n) is 12.0. The first-order valence-corrected chi connectivity index (χ1v) is 12.8. The van der Waals surface area contributed by atoms with Crippen molar-refractivity contribution in [2.45, 2.75) is 77.4 Å². The summed E-state index contributed by atoms with van der Waals surface area (Å²) in [6, 6.07) is 2.00. The largest absolute Gasteiger partial charge is 0.465 e. The summed E-state index contributed by atoms with van der Waals surface area (Å²) < 4.78 is 10.7. The van der Waals surface area contributed by atoms with E-state index in [-0.39, 0.29) is 41.8 Å². The van der Waals surface area contributed by atoms with E-state index in [1.165, 1.54) is 18.4 Å². The van der Waals surface area contributed by atoms with E-state index in [4.69, 9.17) is 9.47 Å². The highest BCUT2D eigenvalue weighted by Gasteiger charge is 2.43. The second-order valence-corrected chi connectivity index (χ2v) is 11.9. The molecule has 0 aromatic carbocycles. The third-order valence-corrected chi connectivity index (χ3v) is 8.79. The Morgan fingerprint density at radius 3 is 2.45 bits per heavy atom. The molecule has 182 valence electrons. The Morgan fingerprint density at radius 1 is 1.21 bits per heavy atom. The molecule has 2 bridgehead atoms. The van der Waals surface area contributed by atoms with E-state index < -0.39 is 5.97 Å². The maximum atomic E-state index is 13.8. The molecule has 3 fully saturated rings. The summed E-state index contributed by atoms with van der Waals surface area (Å²) in [5.41, 5.74) is 0.310. The average molecular weight is 477 g/mol. The van der Waals surface area contributed by atoms with Crippen molar-refractivity contribution in [1.82, 2.24) is 4.90 Å². The van der Waals surface area contributed by atoms with Crippen LogP contribution in [-0.4, -0.2) is 61.6 Å². The number of hydrogen-bond donors (Lipinski definition) is 0. The van der Waals surface area contributed by atoms with Crippen molar-refractivity contribution in [3.63, 3.8) is 0 Å². The molecule has 2 atom stereocenters. The van der Waals surface area contributed by atoms with Gasteiger partial charge in [0, 0.05) is 17.3 Å². The number of carbonyl (C=O) groups is 3. The molecule has 4 rings (SSSR count). The molecule has 0 radical (unpaired) electrons. The predicted molar refractivity (Wildman–Crippen MR) is 128 cm³/mol. The van der Waals surface area contributed by atoms with E-state index >= 15 is 0 Å². The molecule has 2 saturated heterocycles. The van der Waals surface area contributed by atoms with Gasteiger partial charge in [0.2, 0.25) is 11.8 Å². The quantitative estimate of drug-likeness (QED) is 0.601. The Morgan fingerprint density at radius 2 is 1.91 bits per heavy atom. The Bertz CT molecular complexity index is 912. The van der Waals surface area contributed by atoms with Crippen LogP contribution in [0, 0.1) is 11.8 Å². The number of rotatable bonds is 5. The van der Waals surface area contributed by atoms with Gasteiger partial charge in [0.05, 0.1) is 31.5 Å². The molecule has 1 aromatic heterocycles. The first-order chi connectivity index (χ1) is 15.6. The van der Waals surface area contributed by atoms with Gasteiger partial charge in [-0.15, -0.1) is 11.3 Å². The van der Waals surface area contributed by atoms with Crippen molar-refractivity contribution >= 4 is 34.8 Å². The second-order valence-electron chi connectivity index (χ2n) is 10.8. The van der Waals surface area contributed by atoms with Gasteiger partial charge in [-0.25, -0.2) is 4.79 Å². The third kappa shape index (κ3) is 4.97. The van der Waals surface area contributed by atoms with Crippen molar-refractivity contribution in [1.29, 1.82) is 0 Å². The molecule has 2 aliphatic heterocycles. The van der Waals surface area contributed by atoms with Gasteiger partial charge in [-0.05, 0) is 49.5 Å². The summed E-state index contributed by atoms with van der Waals surface area (Å²) in [6.07, 6.45) is 4.61. The minimum absolute atomic E-state index is 0.0562. The van der Waals surface area contributed by atoms with Crippen LogP contribution >= 0.6 is 11.3 Å². The Labute approximate surface area is 200 Å². The molecule has 7 nitrogen and oxygen atoms in total. The van der Waals surface area contributed by atoms with Crippen LogP contribution in [0.15, 0.2) is 6.07 Å². The number of fused-ring (bicyclic) bond motifs is 2. The van der Waals surface area contributed by atoms with Gasteiger partial charge in [-0.3, -0.25) is 9.59 Å². The number of likely N-dealkylation sites (tertiary alicyclic amines) is 1. The van der Waals surface area contributed by atoms with Crippen LogP contribution < -0.4 is 4.90 Å². The lowest BCUT2D eigenvalue weighted by atomic mass is 9.82. The number of thiophene rings is 1. The highest BCUT2D eigenvalue weighted by atomic mass is 32.1. The number of amides is 2. The topological polar surface area (TPSA) is 76.2 Å². The highest BCUT2D eigenvalue weighted by Crippen LogP contribution is 2.40. The van der Waals surface area contributed by atoms with Crippen LogP contribution in [0.25, 0.3) is 0 Å². The third-order valence-electron chi connectivity index (χ3n) is 7.26. The van der Waals surface area contributed by atoms with Gasteiger partial charge in [-0.2, -0.15) is 0 Å². The number of ether oxygens (including phenoxy) is 2. The zero-order valence-corrected chi connectivity index (χ0v) is 21.2. The first kappa shape index (κ1) is 24.2. The van der Waals surface area contributed by atoms with Gasteiger partial charge in [-0.1, -0.05) is 27.7 Å². The Kier molecular flexibility index (Phi) is 6.87. The van der Waals surface area contributed by atoms with E-state index in [1.807, 2.05) is 11.0 Å². The summed E-state index contributed by atoms with van der Waals surface area (Å²) in [7, 11) is 1.35. The van der Waals surface area contributed by atoms with E-state index in [1.54, 1.807) is 4.90 Å². The van der Waals surface area contributed by atoms with Gasteiger partial charge in [0.25, 0.3) is 0 Å². The fourth-order valence-corrected chi connectivity index (χ4v) is 6.27. The van der Waals surface area contributed by atoms with E-state index in [0.29, 0.717) is 29.6 Å². The van der Waals surface area contributed by atoms with E-state index in [9.17, 15) is 14.4 Å². The predicted octanol–water partition coefficient (Wildman–Crippen LogP) is 3.99. The maximum absolute atomic E-state index is 13.8. The molecule has 1 saturated carbocycles. The fraction of sp³-hybridized carbons (Fsp3) is 0.720. The summed E-state index contributed by atoms with van der Waals surface area (Å²) in [5, 5.41) is 0. The van der Waals surface area contributed by atoms with Gasteiger partial charge in [0.1, 0.15) is 11.4 Å². The van der Waals surface area contributed by atoms with Gasteiger partial charge < -0.3 is 19.3 Å². The van der Waals surface area contributed by atoms with Crippen LogP contribution in [0.2, 0.25) is 0 Å². The monoisotopic (exact) mass is 476 g/mol. The SMILES string of the molecule is COC(=O)c1sc(C(C)(C)C)cc1N(CC(=O)N1CC2CC1CO2)C(=O)C1CCC(C)CC1. The average Bonchev–Trinajstić information content (AvgIpc) is 3.52. The summed E-state index contributed by atoms with van der Waals surface area (Å²) in [4.78, 5) is 44.7. The minimum atomic E-state index is -0.471. The minimum Gasteiger partial charge on any atom is -0.465 e. The van der Waals surface area contributed by atoms with E-state index in [0.717, 1.165) is 37.0 Å². The lowest BCUT2D eigenvalue weighted by Crippen LogP contribution is -2.49. The van der Waals surface area contributed by atoms with Crippen LogP contribution in [0.1, 0.15) is 74.3 Å². The Hall–Kier alpha value is -1.93. The lowest BCUT2D eigenvalue weighted by Gasteiger charge is -2.33. The molecular weight excluding hydrogens is 440 g/mol. The molecule has 3 heterocycles. The van der Waals surface area contributed by atoms with Crippen LogP contribution in [0.5, 0.6) is 0 Å². The number of anilines is 1. The number of morpholine rings is 1. The van der Waals surface area contributed by atoms with Crippen molar-refractivity contribution in [2.75, 3.05) is 31.7 Å². The highest BCUT2D eigenvalue weighted by molar-refractivity contribution is 7.14. The molecule has 8 heteroatoms. The smallest absolute Gasteiger partial charge is 0.350 e. The molecular formula is C25H36N2O5S. The van der Waals surface area contributed by atoms with Crippen LogP contribution in [0.3, 0.4) is 0 Å². The Balaban J connectivity index is 1.67. The maximum Gasteiger partial charge on any atom is 0.350 e. The lowest BCUT2D eigenvalue weighted by molar-refractivity contribution is -0.136. The molecule has 2 unspecified atom stereocenters. The molecule has 2 amide bonds. The summed E-state index contributed by atoms with van der Waals surface area (Å²) in [6.45, 7) is 9.52. The normalized spacial score (nSPS) is 27.0. The molecule has 0 N–H and O–H groups in total. The van der Waals surface area contributed by atoms with Crippen LogP contribution in [0.4, 0.5) is 5.69 Å². The zero-order chi connectivity index (χ0) is 23.9. The molecule has 1 aliphatic carbocycles. The number of nitrogens with zero attached hydrogens (tertiary/aromatic N) is 2. The van der Waals surface area contributed by atoms with Crippen molar-refractivity contribution in [3.8, 4) is 0 Å². The number of esters is 1. The molecule has 1 aromatic rings. The summed E-state index contributed by atoms with van der Waals surface area (Å²) in [5.74, 6) is -0.122. The number of carbonyl (C=O) groups excluding carboxylic acids is 3. The van der Waals surface area contributed by atoms with Crippen molar-refractivity contribution in [3.05, 3.63) is 15.8 Å². The van der Waals surface area contributed by atoms with Crippen LogP contribution in [-0.2, 0) is 24.5 Å². The molecule has 3 aliphatic rings. The molecule has 0 spiro atoms. The van der Waals surface area contributed by atoms with Crippen molar-refractivity contribution < 1.29 is 23.9 Å². The zero-order valence-electron chi connectivity index (χ0n) is 20.4. The second kappa shape index (κ2) is 9.37. The molecule has 33 heavy (non-hydrogen) atoms.